The normalized spacial score (nSPS) is 23.5. The van der Waals surface area contributed by atoms with E-state index in [9.17, 15) is 23.7 Å². The molecule has 2 aromatic heterocycles. The number of fused-ring (bicyclic) bond motifs is 1. The number of methoxy groups -OCH3 is 1. The molecule has 3 fully saturated rings. The predicted octanol–water partition coefficient (Wildman–Crippen LogP) is 9.47. The Morgan fingerprint density at radius 2 is 1.77 bits per heavy atom. The third-order valence-electron chi connectivity index (χ3n) is 12.2. The molecule has 16 nitrogen and oxygen atoms in total. The highest BCUT2D eigenvalue weighted by molar-refractivity contribution is 7.60. The van der Waals surface area contributed by atoms with Crippen LogP contribution in [0, 0.1) is 23.2 Å². The van der Waals surface area contributed by atoms with Gasteiger partial charge in [-0.15, -0.1) is 17.9 Å². The number of carbonyl (C=O) groups is 4. The van der Waals surface area contributed by atoms with Crippen molar-refractivity contribution in [3.8, 4) is 22.9 Å². The Labute approximate surface area is 379 Å². The number of benzene rings is 1. The molecule has 4 unspecified atom stereocenters. The average molecular weight is 926 g/mol. The lowest BCUT2D eigenvalue weighted by Crippen LogP contribution is -2.53. The van der Waals surface area contributed by atoms with Gasteiger partial charge in [-0.3, -0.25) is 18.7 Å². The summed E-state index contributed by atoms with van der Waals surface area (Å²) in [4.78, 5) is 64.9. The molecule has 3 aliphatic carbocycles. The summed E-state index contributed by atoms with van der Waals surface area (Å²) in [5.74, 6) is -2.15. The standard InChI is InChI=1S/C46H64N5O11PS/c1-10-12-19-58-44(55)59-26-60-63(9,56)46(24-28(46)11-2)51-41(53)34-21-31(20-33(34)39(52)40(45(5,6)7)50-43(54)62-29-15-13-14-16-29)61-38-23-36(37-25-64-42(49-37)47-27(3)4)48-35-22-30(57-8)17-18-32(35)38/h11,17-18,22-23,25,27-29,31,33-34,40H,2,10,12-16,19-21,24,26H2,1,3-9H3,(H,47,49)(H,50,54)(H,51,53)/t28-,31+,33?,34?,40?,46+,63?/m1/s1. The lowest BCUT2D eigenvalue weighted by atomic mass is 9.77. The quantitative estimate of drug-likeness (QED) is 0.0318. The van der Waals surface area contributed by atoms with E-state index in [0.29, 0.717) is 40.2 Å². The fourth-order valence-electron chi connectivity index (χ4n) is 8.55. The molecule has 0 radical (unpaired) electrons. The van der Waals surface area contributed by atoms with Crippen molar-refractivity contribution in [2.75, 3.05) is 32.5 Å². The number of ketones is 1. The number of anilines is 1. The van der Waals surface area contributed by atoms with E-state index in [2.05, 4.69) is 22.5 Å². The van der Waals surface area contributed by atoms with Crippen LogP contribution in [-0.4, -0.2) is 90.7 Å². The van der Waals surface area contributed by atoms with Crippen LogP contribution in [0.3, 0.4) is 0 Å². The van der Waals surface area contributed by atoms with Gasteiger partial charge in [-0.25, -0.2) is 19.6 Å². The highest BCUT2D eigenvalue weighted by Gasteiger charge is 2.65. The molecule has 3 N–H and O–H groups in total. The van der Waals surface area contributed by atoms with Gasteiger partial charge < -0.3 is 39.6 Å². The third kappa shape index (κ3) is 11.6. The van der Waals surface area contributed by atoms with E-state index in [0.717, 1.165) is 37.2 Å². The van der Waals surface area contributed by atoms with Gasteiger partial charge in [0.05, 0.1) is 36.9 Å². The van der Waals surface area contributed by atoms with Crippen molar-refractivity contribution < 1.29 is 52.0 Å². The Morgan fingerprint density at radius 3 is 2.42 bits per heavy atom. The van der Waals surface area contributed by atoms with Gasteiger partial charge in [-0.1, -0.05) is 40.2 Å². The monoisotopic (exact) mass is 925 g/mol. The molecule has 64 heavy (non-hydrogen) atoms. The average Bonchev–Trinajstić information content (AvgIpc) is 3.63. The summed E-state index contributed by atoms with van der Waals surface area (Å²) in [6.45, 7) is 16.4. The molecule has 350 valence electrons. The SMILES string of the molecule is C=C[C@@H]1C[C@]1(NC(=O)C1C[C@@H](Oc2cc(-c3csc(NC(C)C)n3)nc3cc(OC)ccc23)CC1C(=O)C(NC(=O)OC1CCCC1)C(C)(C)C)P(C)(=O)OCOC(=O)OCCCC. The van der Waals surface area contributed by atoms with Gasteiger partial charge in [0.1, 0.15) is 34.7 Å². The fourth-order valence-corrected chi connectivity index (χ4v) is 11.4. The van der Waals surface area contributed by atoms with E-state index in [4.69, 9.17) is 38.2 Å². The van der Waals surface area contributed by atoms with Crippen molar-refractivity contribution in [2.24, 2.45) is 23.2 Å². The van der Waals surface area contributed by atoms with Crippen LogP contribution in [0.25, 0.3) is 22.3 Å². The number of nitrogens with zero attached hydrogens (tertiary/aromatic N) is 2. The van der Waals surface area contributed by atoms with Gasteiger partial charge >= 0.3 is 12.2 Å². The minimum absolute atomic E-state index is 0.108. The molecule has 2 amide bonds. The van der Waals surface area contributed by atoms with Crippen LogP contribution >= 0.6 is 18.7 Å². The van der Waals surface area contributed by atoms with Crippen LogP contribution in [0.1, 0.15) is 99.3 Å². The summed E-state index contributed by atoms with van der Waals surface area (Å²) in [5.41, 5.74) is 1.02. The number of Topliss-reactive ketones (excluding diaryl/α,β-unsaturated/α-hetero) is 1. The number of pyridine rings is 1. The first-order valence-corrected chi connectivity index (χ1v) is 25.2. The Bertz CT molecular complexity index is 2220. The lowest BCUT2D eigenvalue weighted by Gasteiger charge is -2.34. The van der Waals surface area contributed by atoms with Gasteiger partial charge in [0.15, 0.2) is 10.9 Å². The lowest BCUT2D eigenvalue weighted by molar-refractivity contribution is -0.135. The summed E-state index contributed by atoms with van der Waals surface area (Å²) in [7, 11) is -2.18. The molecular formula is C46H64N5O11PS. The smallest absolute Gasteiger partial charge is 0.497 e. The Kier molecular flexibility index (Phi) is 15.7. The van der Waals surface area contributed by atoms with E-state index < -0.39 is 72.9 Å². The van der Waals surface area contributed by atoms with E-state index >= 15 is 0 Å². The van der Waals surface area contributed by atoms with Gasteiger partial charge in [0, 0.05) is 47.4 Å². The van der Waals surface area contributed by atoms with Crippen molar-refractivity contribution in [1.29, 1.82) is 0 Å². The third-order valence-corrected chi connectivity index (χ3v) is 15.6. The molecule has 18 heteroatoms. The molecule has 0 spiro atoms. The van der Waals surface area contributed by atoms with Gasteiger partial charge in [0.2, 0.25) is 20.1 Å². The number of unbranched alkanes of at least 4 members (excludes halogenated alkanes) is 1. The van der Waals surface area contributed by atoms with Gasteiger partial charge in [0.25, 0.3) is 0 Å². The van der Waals surface area contributed by atoms with Crippen molar-refractivity contribution in [3.05, 3.63) is 42.3 Å². The van der Waals surface area contributed by atoms with Gasteiger partial charge in [-0.2, -0.15) is 0 Å². The first-order valence-electron chi connectivity index (χ1n) is 22.2. The minimum Gasteiger partial charge on any atom is -0.497 e. The number of aromatic nitrogens is 2. The maximum atomic E-state index is 15.0. The number of carbonyl (C=O) groups excluding carboxylic acids is 4. The van der Waals surface area contributed by atoms with Crippen LogP contribution in [-0.2, 0) is 32.9 Å². The number of alkyl carbamates (subject to hydrolysis) is 1. The largest absolute Gasteiger partial charge is 0.510 e. The Balaban J connectivity index is 1.30. The molecule has 1 aromatic carbocycles. The molecule has 3 aromatic rings. The summed E-state index contributed by atoms with van der Waals surface area (Å²) in [5, 5.41) is 11.2. The Morgan fingerprint density at radius 1 is 1.03 bits per heavy atom. The van der Waals surface area contributed by atoms with E-state index in [1.165, 1.54) is 18.0 Å². The first kappa shape index (κ1) is 48.7. The molecule has 0 aliphatic heterocycles. The molecule has 0 bridgehead atoms. The predicted molar refractivity (Wildman–Crippen MR) is 245 cm³/mol. The van der Waals surface area contributed by atoms with E-state index in [1.807, 2.05) is 71.2 Å². The highest BCUT2D eigenvalue weighted by atomic mass is 32.1. The van der Waals surface area contributed by atoms with Crippen molar-refractivity contribution >= 4 is 58.7 Å². The zero-order chi connectivity index (χ0) is 46.4. The molecular weight excluding hydrogens is 862 g/mol. The zero-order valence-corrected chi connectivity index (χ0v) is 39.9. The van der Waals surface area contributed by atoms with Crippen molar-refractivity contribution in [1.82, 2.24) is 20.6 Å². The second-order valence-electron chi connectivity index (χ2n) is 18.5. The molecule has 7 atom stereocenters. The van der Waals surface area contributed by atoms with Crippen molar-refractivity contribution in [2.45, 2.75) is 129 Å². The van der Waals surface area contributed by atoms with Crippen molar-refractivity contribution in [3.63, 3.8) is 0 Å². The van der Waals surface area contributed by atoms with Gasteiger partial charge in [-0.05, 0) is 82.8 Å². The van der Waals surface area contributed by atoms with Crippen LogP contribution < -0.4 is 25.4 Å². The first-order chi connectivity index (χ1) is 30.4. The van der Waals surface area contributed by atoms with Crippen LogP contribution in [0.2, 0.25) is 0 Å². The molecule has 3 saturated carbocycles. The second kappa shape index (κ2) is 20.6. The maximum Gasteiger partial charge on any atom is 0.510 e. The number of hydrogen-bond donors (Lipinski definition) is 3. The van der Waals surface area contributed by atoms with E-state index in [-0.39, 0.29) is 43.8 Å². The highest BCUT2D eigenvalue weighted by Crippen LogP contribution is 2.70. The molecule has 6 rings (SSSR count). The maximum absolute atomic E-state index is 15.0. The molecule has 2 heterocycles. The Hall–Kier alpha value is -4.73. The summed E-state index contributed by atoms with van der Waals surface area (Å²) in [6.07, 6.45) is 4.49. The number of amides is 2. The summed E-state index contributed by atoms with van der Waals surface area (Å²) >= 11 is 1.46. The van der Waals surface area contributed by atoms with Crippen LogP contribution in [0.15, 0.2) is 42.3 Å². The molecule has 3 aliphatic rings. The number of hydrogen-bond acceptors (Lipinski definition) is 15. The number of nitrogens with one attached hydrogen (secondary N) is 3. The number of thiazole rings is 1. The van der Waals surface area contributed by atoms with Crippen LogP contribution in [0.4, 0.5) is 14.7 Å². The fraction of sp³-hybridized carbons (Fsp3) is 0.609. The van der Waals surface area contributed by atoms with Crippen LogP contribution in [0.5, 0.6) is 11.5 Å². The summed E-state index contributed by atoms with van der Waals surface area (Å²) < 4.78 is 48.2. The number of rotatable bonds is 20. The van der Waals surface area contributed by atoms with E-state index in [1.54, 1.807) is 13.2 Å². The number of ether oxygens (including phenoxy) is 5. The molecule has 0 saturated heterocycles. The second-order valence-corrected chi connectivity index (χ2v) is 22.1. The minimum atomic E-state index is -3.76. The summed E-state index contributed by atoms with van der Waals surface area (Å²) in [6, 6.07) is 6.43. The zero-order valence-electron chi connectivity index (χ0n) is 38.2. The topological polar surface area (TPSA) is 203 Å².